The lowest BCUT2D eigenvalue weighted by molar-refractivity contribution is 0.0761. The fourth-order valence-corrected chi connectivity index (χ4v) is 3.04. The fraction of sp³-hybridized carbons (Fsp3) is 0.368. The SMILES string of the molecule is Cc1ccc(O)c(CN2CCCN(C(=O)c3ccc(F)cc3)CC2)n1. The molecule has 132 valence electrons. The minimum absolute atomic E-state index is 0.0709. The first-order chi connectivity index (χ1) is 12.0. The highest BCUT2D eigenvalue weighted by Gasteiger charge is 2.21. The smallest absolute Gasteiger partial charge is 0.253 e. The van der Waals surface area contributed by atoms with Gasteiger partial charge in [-0.1, -0.05) is 0 Å². The third kappa shape index (κ3) is 4.33. The van der Waals surface area contributed by atoms with Gasteiger partial charge in [0, 0.05) is 44.0 Å². The lowest BCUT2D eigenvalue weighted by atomic mass is 10.2. The summed E-state index contributed by atoms with van der Waals surface area (Å²) in [6.45, 7) is 5.27. The topological polar surface area (TPSA) is 56.7 Å². The van der Waals surface area contributed by atoms with Gasteiger partial charge >= 0.3 is 0 Å². The monoisotopic (exact) mass is 343 g/mol. The summed E-state index contributed by atoms with van der Waals surface area (Å²) in [6, 6.07) is 9.11. The summed E-state index contributed by atoms with van der Waals surface area (Å²) in [5.41, 5.74) is 2.04. The number of aromatic nitrogens is 1. The Morgan fingerprint density at radius 3 is 2.64 bits per heavy atom. The van der Waals surface area contributed by atoms with Crippen molar-refractivity contribution >= 4 is 5.91 Å². The maximum absolute atomic E-state index is 13.0. The second kappa shape index (κ2) is 7.61. The second-order valence-electron chi connectivity index (χ2n) is 6.35. The zero-order valence-electron chi connectivity index (χ0n) is 14.3. The highest BCUT2D eigenvalue weighted by molar-refractivity contribution is 5.94. The van der Waals surface area contributed by atoms with Gasteiger partial charge in [-0.15, -0.1) is 0 Å². The molecule has 0 saturated carbocycles. The number of hydrogen-bond donors (Lipinski definition) is 1. The quantitative estimate of drug-likeness (QED) is 0.931. The van der Waals surface area contributed by atoms with Crippen LogP contribution in [0, 0.1) is 12.7 Å². The molecule has 1 saturated heterocycles. The molecule has 0 radical (unpaired) electrons. The summed E-state index contributed by atoms with van der Waals surface area (Å²) >= 11 is 0. The number of benzene rings is 1. The van der Waals surface area contributed by atoms with Crippen LogP contribution in [-0.2, 0) is 6.54 Å². The van der Waals surface area contributed by atoms with Crippen molar-refractivity contribution in [2.75, 3.05) is 26.2 Å². The van der Waals surface area contributed by atoms with E-state index >= 15 is 0 Å². The summed E-state index contributed by atoms with van der Waals surface area (Å²) < 4.78 is 13.0. The number of hydrogen-bond acceptors (Lipinski definition) is 4. The molecule has 0 unspecified atom stereocenters. The lowest BCUT2D eigenvalue weighted by Gasteiger charge is -2.22. The molecule has 0 atom stereocenters. The van der Waals surface area contributed by atoms with Crippen LogP contribution in [0.25, 0.3) is 0 Å². The van der Waals surface area contributed by atoms with Crippen LogP contribution in [0.5, 0.6) is 5.75 Å². The first-order valence-electron chi connectivity index (χ1n) is 8.45. The second-order valence-corrected chi connectivity index (χ2v) is 6.35. The van der Waals surface area contributed by atoms with Gasteiger partial charge in [-0.25, -0.2) is 4.39 Å². The van der Waals surface area contributed by atoms with Crippen molar-refractivity contribution < 1.29 is 14.3 Å². The van der Waals surface area contributed by atoms with Gasteiger partial charge in [-0.2, -0.15) is 0 Å². The Balaban J connectivity index is 1.63. The molecule has 1 aliphatic rings. The van der Waals surface area contributed by atoms with Crippen LogP contribution in [0.2, 0.25) is 0 Å². The van der Waals surface area contributed by atoms with E-state index in [-0.39, 0.29) is 17.5 Å². The number of halogens is 1. The van der Waals surface area contributed by atoms with E-state index in [1.807, 2.05) is 6.92 Å². The van der Waals surface area contributed by atoms with Gasteiger partial charge in [0.05, 0.1) is 5.69 Å². The predicted octanol–water partition coefficient (Wildman–Crippen LogP) is 2.58. The van der Waals surface area contributed by atoms with Crippen LogP contribution in [0.15, 0.2) is 36.4 Å². The molecular formula is C19H22FN3O2. The summed E-state index contributed by atoms with van der Waals surface area (Å²) in [5, 5.41) is 9.96. The number of carbonyl (C=O) groups excluding carboxylic acids is 1. The van der Waals surface area contributed by atoms with Gasteiger partial charge in [0.15, 0.2) is 0 Å². The van der Waals surface area contributed by atoms with E-state index in [1.165, 1.54) is 24.3 Å². The number of pyridine rings is 1. The third-order valence-corrected chi connectivity index (χ3v) is 4.43. The van der Waals surface area contributed by atoms with Gasteiger partial charge in [0.1, 0.15) is 11.6 Å². The van der Waals surface area contributed by atoms with Crippen LogP contribution in [0.3, 0.4) is 0 Å². The standard InChI is InChI=1S/C19H22FN3O2/c1-14-3-8-18(24)17(21-14)13-22-9-2-10-23(12-11-22)19(25)15-4-6-16(20)7-5-15/h3-8,24H,2,9-13H2,1H3. The molecule has 1 aromatic heterocycles. The molecule has 25 heavy (non-hydrogen) atoms. The van der Waals surface area contributed by atoms with Gasteiger partial charge < -0.3 is 10.0 Å². The van der Waals surface area contributed by atoms with E-state index in [0.717, 1.165) is 18.7 Å². The summed E-state index contributed by atoms with van der Waals surface area (Å²) in [4.78, 5) is 21.0. The van der Waals surface area contributed by atoms with Gasteiger partial charge in [0.25, 0.3) is 5.91 Å². The molecule has 2 aromatic rings. The molecule has 0 aliphatic carbocycles. The Labute approximate surface area is 146 Å². The number of aryl methyl sites for hydroxylation is 1. The maximum Gasteiger partial charge on any atom is 0.253 e. The minimum atomic E-state index is -0.343. The van der Waals surface area contributed by atoms with Crippen molar-refractivity contribution in [3.63, 3.8) is 0 Å². The Morgan fingerprint density at radius 1 is 1.12 bits per heavy atom. The molecule has 3 rings (SSSR count). The van der Waals surface area contributed by atoms with E-state index in [4.69, 9.17) is 0 Å². The minimum Gasteiger partial charge on any atom is -0.506 e. The van der Waals surface area contributed by atoms with Crippen LogP contribution in [0.1, 0.15) is 28.2 Å². The number of amides is 1. The highest BCUT2D eigenvalue weighted by Crippen LogP contribution is 2.18. The Kier molecular flexibility index (Phi) is 5.28. The van der Waals surface area contributed by atoms with E-state index in [0.29, 0.717) is 37.4 Å². The largest absolute Gasteiger partial charge is 0.506 e. The number of aromatic hydroxyl groups is 1. The molecule has 5 nitrogen and oxygen atoms in total. The van der Waals surface area contributed by atoms with Crippen molar-refractivity contribution in [3.8, 4) is 5.75 Å². The molecule has 1 N–H and O–H groups in total. The summed E-state index contributed by atoms with van der Waals surface area (Å²) in [5.74, 6) is -0.212. The summed E-state index contributed by atoms with van der Waals surface area (Å²) in [6.07, 6.45) is 0.847. The number of carbonyl (C=O) groups is 1. The molecule has 6 heteroatoms. The van der Waals surface area contributed by atoms with Crippen molar-refractivity contribution in [1.29, 1.82) is 0 Å². The zero-order chi connectivity index (χ0) is 17.8. The first kappa shape index (κ1) is 17.4. The maximum atomic E-state index is 13.0. The van der Waals surface area contributed by atoms with Crippen LogP contribution in [-0.4, -0.2) is 52.0 Å². The Bertz CT molecular complexity index is 749. The lowest BCUT2D eigenvalue weighted by Crippen LogP contribution is -2.35. The van der Waals surface area contributed by atoms with Gasteiger partial charge in [-0.3, -0.25) is 14.7 Å². The molecule has 2 heterocycles. The molecule has 1 aromatic carbocycles. The Hall–Kier alpha value is -2.47. The van der Waals surface area contributed by atoms with Crippen molar-refractivity contribution in [3.05, 3.63) is 59.2 Å². The van der Waals surface area contributed by atoms with E-state index in [2.05, 4.69) is 9.88 Å². The van der Waals surface area contributed by atoms with Gasteiger partial charge in [-0.05, 0) is 49.7 Å². The number of rotatable bonds is 3. The highest BCUT2D eigenvalue weighted by atomic mass is 19.1. The molecule has 1 aliphatic heterocycles. The third-order valence-electron chi connectivity index (χ3n) is 4.43. The van der Waals surface area contributed by atoms with Crippen LogP contribution < -0.4 is 0 Å². The van der Waals surface area contributed by atoms with E-state index in [1.54, 1.807) is 17.0 Å². The van der Waals surface area contributed by atoms with Crippen molar-refractivity contribution in [1.82, 2.24) is 14.8 Å². The molecule has 0 spiro atoms. The molecule has 1 fully saturated rings. The zero-order valence-corrected chi connectivity index (χ0v) is 14.3. The Morgan fingerprint density at radius 2 is 1.88 bits per heavy atom. The number of nitrogens with zero attached hydrogens (tertiary/aromatic N) is 3. The van der Waals surface area contributed by atoms with Crippen LogP contribution in [0.4, 0.5) is 4.39 Å². The van der Waals surface area contributed by atoms with Crippen molar-refractivity contribution in [2.45, 2.75) is 19.9 Å². The summed E-state index contributed by atoms with van der Waals surface area (Å²) in [7, 11) is 0. The van der Waals surface area contributed by atoms with Crippen LogP contribution >= 0.6 is 0 Å². The molecule has 0 bridgehead atoms. The van der Waals surface area contributed by atoms with E-state index in [9.17, 15) is 14.3 Å². The normalized spacial score (nSPS) is 15.8. The first-order valence-corrected chi connectivity index (χ1v) is 8.45. The fourth-order valence-electron chi connectivity index (χ4n) is 3.04. The molecule has 1 amide bonds. The van der Waals surface area contributed by atoms with Crippen molar-refractivity contribution in [2.24, 2.45) is 0 Å². The molecular weight excluding hydrogens is 321 g/mol. The van der Waals surface area contributed by atoms with Gasteiger partial charge in [0.2, 0.25) is 0 Å². The predicted molar refractivity (Wildman–Crippen MR) is 92.8 cm³/mol. The average molecular weight is 343 g/mol. The van der Waals surface area contributed by atoms with E-state index < -0.39 is 0 Å². The average Bonchev–Trinajstić information content (AvgIpc) is 2.84.